The van der Waals surface area contributed by atoms with Crippen molar-refractivity contribution in [3.63, 3.8) is 0 Å². The highest BCUT2D eigenvalue weighted by molar-refractivity contribution is 6.30. The molecular formula is C28H36ClN3O3. The minimum atomic E-state index is -0.891. The summed E-state index contributed by atoms with van der Waals surface area (Å²) in [6.07, 6.45) is 8.51. The van der Waals surface area contributed by atoms with Crippen molar-refractivity contribution in [2.24, 2.45) is 23.2 Å². The van der Waals surface area contributed by atoms with E-state index < -0.39 is 11.0 Å². The van der Waals surface area contributed by atoms with E-state index in [-0.39, 0.29) is 35.7 Å². The van der Waals surface area contributed by atoms with Crippen molar-refractivity contribution in [3.8, 4) is 0 Å². The van der Waals surface area contributed by atoms with E-state index in [1.807, 2.05) is 24.3 Å². The number of amides is 1. The molecule has 1 aromatic carbocycles. The SMILES string of the molecule is O=C(N[C@@]1(C(=O)C2CC(c3ccc(Cl)cc3)=CCN2)CCCNC1)C12CC3CC(C1)C(O)C(C3)C2. The summed E-state index contributed by atoms with van der Waals surface area (Å²) in [4.78, 5) is 28.1. The van der Waals surface area contributed by atoms with Crippen LogP contribution >= 0.6 is 11.6 Å². The molecule has 0 aromatic heterocycles. The molecule has 0 spiro atoms. The Morgan fingerprint density at radius 3 is 2.51 bits per heavy atom. The first-order valence-electron chi connectivity index (χ1n) is 13.3. The van der Waals surface area contributed by atoms with Crippen LogP contribution in [-0.4, -0.2) is 54.1 Å². The van der Waals surface area contributed by atoms with Gasteiger partial charge in [-0.2, -0.15) is 0 Å². The molecule has 4 saturated carbocycles. The van der Waals surface area contributed by atoms with Gasteiger partial charge in [-0.25, -0.2) is 0 Å². The van der Waals surface area contributed by atoms with Crippen molar-refractivity contribution >= 4 is 28.9 Å². The van der Waals surface area contributed by atoms with Gasteiger partial charge in [-0.1, -0.05) is 29.8 Å². The van der Waals surface area contributed by atoms with E-state index in [1.165, 1.54) is 0 Å². The second-order valence-corrected chi connectivity index (χ2v) is 12.3. The third-order valence-corrected chi connectivity index (χ3v) is 9.83. The third kappa shape index (κ3) is 4.16. The predicted octanol–water partition coefficient (Wildman–Crippen LogP) is 3.08. The van der Waals surface area contributed by atoms with Gasteiger partial charge in [0.2, 0.25) is 5.91 Å². The molecule has 7 heteroatoms. The van der Waals surface area contributed by atoms with Gasteiger partial charge < -0.3 is 21.1 Å². The lowest BCUT2D eigenvalue weighted by molar-refractivity contribution is -0.166. The maximum Gasteiger partial charge on any atom is 0.227 e. The molecule has 7 rings (SSSR count). The number of piperidine rings is 1. The number of carbonyl (C=O) groups excluding carboxylic acids is 2. The summed E-state index contributed by atoms with van der Waals surface area (Å²) in [5, 5.41) is 21.5. The molecule has 4 atom stereocenters. The first kappa shape index (κ1) is 23.7. The number of ketones is 1. The van der Waals surface area contributed by atoms with Crippen LogP contribution < -0.4 is 16.0 Å². The van der Waals surface area contributed by atoms with E-state index in [2.05, 4.69) is 22.0 Å². The largest absolute Gasteiger partial charge is 0.393 e. The Bertz CT molecular complexity index is 1020. The predicted molar refractivity (Wildman–Crippen MR) is 136 cm³/mol. The number of aliphatic hydroxyl groups is 1. The number of aliphatic hydroxyl groups excluding tert-OH is 1. The fraction of sp³-hybridized carbons (Fsp3) is 0.643. The molecule has 5 fully saturated rings. The topological polar surface area (TPSA) is 90.5 Å². The Hall–Kier alpha value is -1.73. The second kappa shape index (κ2) is 8.98. The Morgan fingerprint density at radius 2 is 1.83 bits per heavy atom. The fourth-order valence-corrected chi connectivity index (χ4v) is 8.15. The highest BCUT2D eigenvalue weighted by Gasteiger charge is 2.59. The molecule has 1 saturated heterocycles. The van der Waals surface area contributed by atoms with Crippen molar-refractivity contribution in [3.05, 3.63) is 40.9 Å². The minimum absolute atomic E-state index is 0.0464. The van der Waals surface area contributed by atoms with E-state index in [4.69, 9.17) is 11.6 Å². The molecule has 4 N–H and O–H groups in total. The van der Waals surface area contributed by atoms with Crippen LogP contribution in [0.3, 0.4) is 0 Å². The van der Waals surface area contributed by atoms with Gasteiger partial charge in [0.15, 0.2) is 5.78 Å². The third-order valence-electron chi connectivity index (χ3n) is 9.58. The summed E-state index contributed by atoms with van der Waals surface area (Å²) in [5.74, 6) is 1.13. The van der Waals surface area contributed by atoms with Gasteiger partial charge in [-0.05, 0) is 98.9 Å². The van der Waals surface area contributed by atoms with Crippen molar-refractivity contribution in [2.75, 3.05) is 19.6 Å². The summed E-state index contributed by atoms with van der Waals surface area (Å²) in [5.41, 5.74) is 0.909. The maximum atomic E-state index is 14.1. The highest BCUT2D eigenvalue weighted by atomic mass is 35.5. The fourth-order valence-electron chi connectivity index (χ4n) is 8.03. The van der Waals surface area contributed by atoms with Gasteiger partial charge in [-0.3, -0.25) is 9.59 Å². The molecule has 4 aliphatic carbocycles. The van der Waals surface area contributed by atoms with Gasteiger partial charge >= 0.3 is 0 Å². The summed E-state index contributed by atoms with van der Waals surface area (Å²) >= 11 is 6.07. The second-order valence-electron chi connectivity index (χ2n) is 11.8. The smallest absolute Gasteiger partial charge is 0.227 e. The lowest BCUT2D eigenvalue weighted by atomic mass is 9.48. The first-order chi connectivity index (χ1) is 16.9. The lowest BCUT2D eigenvalue weighted by Crippen LogP contribution is -2.69. The molecule has 4 bridgehead atoms. The Labute approximate surface area is 212 Å². The molecule has 35 heavy (non-hydrogen) atoms. The monoisotopic (exact) mass is 497 g/mol. The number of nitrogens with one attached hydrogen (secondary N) is 3. The van der Waals surface area contributed by atoms with Crippen LogP contribution in [-0.2, 0) is 9.59 Å². The van der Waals surface area contributed by atoms with Crippen LogP contribution in [0.15, 0.2) is 30.3 Å². The van der Waals surface area contributed by atoms with Crippen LogP contribution in [0.4, 0.5) is 0 Å². The molecule has 6 nitrogen and oxygen atoms in total. The minimum Gasteiger partial charge on any atom is -0.393 e. The van der Waals surface area contributed by atoms with Crippen LogP contribution in [0.5, 0.6) is 0 Å². The normalized spacial score (nSPS) is 40.3. The van der Waals surface area contributed by atoms with Gasteiger partial charge in [-0.15, -0.1) is 0 Å². The molecule has 1 aromatic rings. The standard InChI is InChI=1S/C28H36ClN3O3/c29-22-4-2-18(3-5-22)19-6-9-31-23(12-19)25(34)28(7-1-8-30-16-28)32-26(35)27-13-17-10-20(14-27)24(33)21(11-17)15-27/h2-6,17,20-21,23-24,30-31,33H,1,7-16H2,(H,32,35)/t17?,20?,21?,23?,24?,27?,28-/m0/s1. The Morgan fingerprint density at radius 1 is 1.09 bits per heavy atom. The number of Topliss-reactive ketones (excluding diaryl/α,β-unsaturated/α-hetero) is 1. The van der Waals surface area contributed by atoms with Crippen LogP contribution in [0.1, 0.15) is 56.9 Å². The molecular weight excluding hydrogens is 462 g/mol. The number of carbonyl (C=O) groups is 2. The van der Waals surface area contributed by atoms with E-state index in [0.717, 1.165) is 56.2 Å². The molecule has 2 heterocycles. The molecule has 6 aliphatic rings. The van der Waals surface area contributed by atoms with E-state index >= 15 is 0 Å². The Balaban J connectivity index is 1.22. The van der Waals surface area contributed by atoms with E-state index in [0.29, 0.717) is 36.9 Å². The van der Waals surface area contributed by atoms with Crippen molar-refractivity contribution in [1.82, 2.24) is 16.0 Å². The number of hydrogen-bond donors (Lipinski definition) is 4. The van der Waals surface area contributed by atoms with Gasteiger partial charge in [0.1, 0.15) is 5.54 Å². The molecule has 0 radical (unpaired) electrons. The van der Waals surface area contributed by atoms with Crippen LogP contribution in [0.2, 0.25) is 5.02 Å². The number of benzene rings is 1. The van der Waals surface area contributed by atoms with Crippen LogP contribution in [0.25, 0.3) is 5.57 Å². The van der Waals surface area contributed by atoms with Gasteiger partial charge in [0, 0.05) is 18.1 Å². The zero-order chi connectivity index (χ0) is 24.2. The number of halogens is 1. The van der Waals surface area contributed by atoms with Crippen molar-refractivity contribution in [1.29, 1.82) is 0 Å². The summed E-state index contributed by atoms with van der Waals surface area (Å²) in [6, 6.07) is 7.42. The van der Waals surface area contributed by atoms with Gasteiger partial charge in [0.25, 0.3) is 0 Å². The molecule has 1 amide bonds. The maximum absolute atomic E-state index is 14.1. The quantitative estimate of drug-likeness (QED) is 0.502. The molecule has 188 valence electrons. The summed E-state index contributed by atoms with van der Waals surface area (Å²) < 4.78 is 0. The van der Waals surface area contributed by atoms with Crippen molar-refractivity contribution < 1.29 is 14.7 Å². The number of hydrogen-bond acceptors (Lipinski definition) is 5. The summed E-state index contributed by atoms with van der Waals surface area (Å²) in [7, 11) is 0. The highest BCUT2D eigenvalue weighted by Crippen LogP contribution is 2.60. The number of rotatable bonds is 5. The lowest BCUT2D eigenvalue weighted by Gasteiger charge is -2.58. The van der Waals surface area contributed by atoms with Crippen molar-refractivity contribution in [2.45, 2.75) is 69.1 Å². The van der Waals surface area contributed by atoms with E-state index in [1.54, 1.807) is 0 Å². The average Bonchev–Trinajstić information content (AvgIpc) is 2.87. The average molecular weight is 498 g/mol. The molecule has 2 aliphatic heterocycles. The zero-order valence-electron chi connectivity index (χ0n) is 20.2. The zero-order valence-corrected chi connectivity index (χ0v) is 20.9. The Kier molecular flexibility index (Phi) is 6.07. The summed E-state index contributed by atoms with van der Waals surface area (Å²) in [6.45, 7) is 1.96. The van der Waals surface area contributed by atoms with E-state index in [9.17, 15) is 14.7 Å². The molecule has 3 unspecified atom stereocenters. The van der Waals surface area contributed by atoms with Crippen LogP contribution in [0, 0.1) is 23.2 Å². The first-order valence-corrected chi connectivity index (χ1v) is 13.7. The van der Waals surface area contributed by atoms with Gasteiger partial charge in [0.05, 0.1) is 17.6 Å².